The van der Waals surface area contributed by atoms with Gasteiger partial charge in [0.05, 0.1) is 6.04 Å². The first-order valence-corrected chi connectivity index (χ1v) is 5.72. The summed E-state index contributed by atoms with van der Waals surface area (Å²) >= 11 is 0. The number of aliphatic carboxylic acids is 1. The summed E-state index contributed by atoms with van der Waals surface area (Å²) in [6.45, 7) is 4.50. The molecule has 0 saturated carbocycles. The average molecular weight is 228 g/mol. The van der Waals surface area contributed by atoms with E-state index in [9.17, 15) is 9.59 Å². The first-order valence-electron chi connectivity index (χ1n) is 5.72. The maximum Gasteiger partial charge on any atom is 0.326 e. The Morgan fingerprint density at radius 1 is 1.50 bits per heavy atom. The van der Waals surface area contributed by atoms with Crippen molar-refractivity contribution in [1.29, 1.82) is 0 Å². The van der Waals surface area contributed by atoms with Gasteiger partial charge in [0.15, 0.2) is 0 Å². The molecule has 3 N–H and O–H groups in total. The van der Waals surface area contributed by atoms with E-state index in [1.54, 1.807) is 0 Å². The van der Waals surface area contributed by atoms with Gasteiger partial charge in [-0.05, 0) is 25.2 Å². The van der Waals surface area contributed by atoms with Gasteiger partial charge in [-0.2, -0.15) is 0 Å². The summed E-state index contributed by atoms with van der Waals surface area (Å²) in [5.41, 5.74) is 5.78. The molecule has 16 heavy (non-hydrogen) atoms. The summed E-state index contributed by atoms with van der Waals surface area (Å²) < 4.78 is 0. The van der Waals surface area contributed by atoms with Crippen molar-refractivity contribution in [2.24, 2.45) is 11.7 Å². The van der Waals surface area contributed by atoms with Crippen LogP contribution >= 0.6 is 0 Å². The van der Waals surface area contributed by atoms with Crippen molar-refractivity contribution in [2.45, 2.75) is 45.2 Å². The Bertz CT molecular complexity index is 278. The molecule has 0 aliphatic carbocycles. The molecule has 2 atom stereocenters. The predicted molar refractivity (Wildman–Crippen MR) is 59.8 cm³/mol. The molecule has 0 radical (unpaired) electrons. The van der Waals surface area contributed by atoms with E-state index in [2.05, 4.69) is 0 Å². The highest BCUT2D eigenvalue weighted by Crippen LogP contribution is 2.19. The maximum absolute atomic E-state index is 11.9. The molecule has 0 aromatic rings. The van der Waals surface area contributed by atoms with E-state index in [0.717, 1.165) is 6.42 Å². The number of likely N-dealkylation sites (tertiary alicyclic amines) is 1. The van der Waals surface area contributed by atoms with Gasteiger partial charge in [-0.25, -0.2) is 4.79 Å². The average Bonchev–Trinajstić information content (AvgIpc) is 2.63. The second-order valence-corrected chi connectivity index (χ2v) is 4.76. The highest BCUT2D eigenvalue weighted by molar-refractivity contribution is 5.87. The number of hydrogen-bond donors (Lipinski definition) is 2. The molecule has 92 valence electrons. The molecule has 1 heterocycles. The molecule has 0 aromatic carbocycles. The lowest BCUT2D eigenvalue weighted by Gasteiger charge is -2.25. The molecule has 0 aromatic heterocycles. The summed E-state index contributed by atoms with van der Waals surface area (Å²) in [5, 5.41) is 8.96. The van der Waals surface area contributed by atoms with Crippen LogP contribution in [0.1, 0.15) is 33.1 Å². The zero-order valence-electron chi connectivity index (χ0n) is 9.85. The van der Waals surface area contributed by atoms with Gasteiger partial charge in [0, 0.05) is 6.54 Å². The number of amides is 1. The van der Waals surface area contributed by atoms with Crippen LogP contribution in [0.25, 0.3) is 0 Å². The van der Waals surface area contributed by atoms with Crippen molar-refractivity contribution < 1.29 is 14.7 Å². The molecule has 0 spiro atoms. The highest BCUT2D eigenvalue weighted by Gasteiger charge is 2.35. The number of hydrogen-bond acceptors (Lipinski definition) is 3. The van der Waals surface area contributed by atoms with Crippen LogP contribution in [0.2, 0.25) is 0 Å². The molecule has 1 aliphatic rings. The normalized spacial score (nSPS) is 22.5. The molecular formula is C11H20N2O3. The van der Waals surface area contributed by atoms with Gasteiger partial charge in [-0.3, -0.25) is 4.79 Å². The number of nitrogens with zero attached hydrogens (tertiary/aromatic N) is 1. The van der Waals surface area contributed by atoms with E-state index in [0.29, 0.717) is 25.3 Å². The number of carbonyl (C=O) groups excluding carboxylic acids is 1. The van der Waals surface area contributed by atoms with Crippen LogP contribution in [0.5, 0.6) is 0 Å². The Balaban J connectivity index is 2.62. The van der Waals surface area contributed by atoms with Gasteiger partial charge in [0.25, 0.3) is 0 Å². The number of nitrogens with two attached hydrogens (primary N) is 1. The molecule has 1 aliphatic heterocycles. The number of carboxylic acid groups (broad SMARTS) is 1. The molecule has 1 fully saturated rings. The van der Waals surface area contributed by atoms with Crippen LogP contribution in [-0.2, 0) is 9.59 Å². The number of carboxylic acids is 1. The van der Waals surface area contributed by atoms with Gasteiger partial charge >= 0.3 is 5.97 Å². The molecule has 1 amide bonds. The van der Waals surface area contributed by atoms with E-state index in [-0.39, 0.29) is 5.91 Å². The smallest absolute Gasteiger partial charge is 0.326 e. The van der Waals surface area contributed by atoms with E-state index < -0.39 is 18.1 Å². The minimum atomic E-state index is -0.928. The lowest BCUT2D eigenvalue weighted by molar-refractivity contribution is -0.148. The van der Waals surface area contributed by atoms with Crippen LogP contribution in [0, 0.1) is 5.92 Å². The van der Waals surface area contributed by atoms with Crippen molar-refractivity contribution >= 4 is 11.9 Å². The molecule has 5 heteroatoms. The van der Waals surface area contributed by atoms with Crippen LogP contribution in [0.15, 0.2) is 0 Å². The number of carbonyl (C=O) groups is 2. The lowest BCUT2D eigenvalue weighted by Crippen LogP contribution is -2.48. The summed E-state index contributed by atoms with van der Waals surface area (Å²) in [6, 6.07) is -1.24. The van der Waals surface area contributed by atoms with Crippen LogP contribution in [0.4, 0.5) is 0 Å². The van der Waals surface area contributed by atoms with E-state index in [1.807, 2.05) is 13.8 Å². The third-order valence-corrected chi connectivity index (χ3v) is 2.86. The van der Waals surface area contributed by atoms with Crippen molar-refractivity contribution in [3.63, 3.8) is 0 Å². The minimum Gasteiger partial charge on any atom is -0.480 e. The summed E-state index contributed by atoms with van der Waals surface area (Å²) in [5.74, 6) is -0.814. The lowest BCUT2D eigenvalue weighted by atomic mass is 10.0. The second kappa shape index (κ2) is 5.30. The molecule has 0 unspecified atom stereocenters. The summed E-state index contributed by atoms with van der Waals surface area (Å²) in [6.07, 6.45) is 1.88. The zero-order chi connectivity index (χ0) is 12.3. The van der Waals surface area contributed by atoms with E-state index >= 15 is 0 Å². The predicted octanol–water partition coefficient (Wildman–Crippen LogP) is 0.435. The van der Waals surface area contributed by atoms with Crippen molar-refractivity contribution in [1.82, 2.24) is 4.90 Å². The fraction of sp³-hybridized carbons (Fsp3) is 0.818. The quantitative estimate of drug-likeness (QED) is 0.731. The SMILES string of the molecule is CC(C)C[C@@H](N)C(=O)N1CCC[C@@H]1C(=O)O. The fourth-order valence-electron chi connectivity index (χ4n) is 2.11. The van der Waals surface area contributed by atoms with Gasteiger partial charge in [0.1, 0.15) is 6.04 Å². The van der Waals surface area contributed by atoms with Gasteiger partial charge in [-0.15, -0.1) is 0 Å². The van der Waals surface area contributed by atoms with Crippen molar-refractivity contribution in [3.05, 3.63) is 0 Å². The Morgan fingerprint density at radius 2 is 2.12 bits per heavy atom. The number of rotatable bonds is 4. The Hall–Kier alpha value is -1.10. The molecule has 1 saturated heterocycles. The van der Waals surface area contributed by atoms with Gasteiger partial charge in [0.2, 0.25) is 5.91 Å². The third-order valence-electron chi connectivity index (χ3n) is 2.86. The summed E-state index contributed by atoms with van der Waals surface area (Å²) in [4.78, 5) is 24.3. The van der Waals surface area contributed by atoms with Gasteiger partial charge in [-0.1, -0.05) is 13.8 Å². The second-order valence-electron chi connectivity index (χ2n) is 4.76. The first kappa shape index (κ1) is 13.0. The zero-order valence-corrected chi connectivity index (χ0v) is 9.85. The molecule has 5 nitrogen and oxygen atoms in total. The first-order chi connectivity index (χ1) is 7.43. The molecule has 1 rings (SSSR count). The van der Waals surface area contributed by atoms with Crippen molar-refractivity contribution in [2.75, 3.05) is 6.54 Å². The highest BCUT2D eigenvalue weighted by atomic mass is 16.4. The van der Waals surface area contributed by atoms with E-state index in [1.165, 1.54) is 4.90 Å². The molecule has 0 bridgehead atoms. The van der Waals surface area contributed by atoms with Crippen LogP contribution < -0.4 is 5.73 Å². The van der Waals surface area contributed by atoms with Gasteiger partial charge < -0.3 is 15.7 Å². The van der Waals surface area contributed by atoms with E-state index in [4.69, 9.17) is 10.8 Å². The van der Waals surface area contributed by atoms with Crippen molar-refractivity contribution in [3.8, 4) is 0 Å². The maximum atomic E-state index is 11.9. The summed E-state index contributed by atoms with van der Waals surface area (Å²) in [7, 11) is 0. The minimum absolute atomic E-state index is 0.224. The Kier molecular flexibility index (Phi) is 4.29. The largest absolute Gasteiger partial charge is 0.480 e. The monoisotopic (exact) mass is 228 g/mol. The van der Waals surface area contributed by atoms with Crippen LogP contribution in [0.3, 0.4) is 0 Å². The van der Waals surface area contributed by atoms with Crippen LogP contribution in [-0.4, -0.2) is 40.5 Å². The standard InChI is InChI=1S/C11H20N2O3/c1-7(2)6-8(12)10(14)13-5-3-4-9(13)11(15)16/h7-9H,3-6,12H2,1-2H3,(H,15,16)/t8-,9-/m1/s1. The Morgan fingerprint density at radius 3 is 2.62 bits per heavy atom. The fourth-order valence-corrected chi connectivity index (χ4v) is 2.11. The molecular weight excluding hydrogens is 208 g/mol. The topological polar surface area (TPSA) is 83.6 Å². The third kappa shape index (κ3) is 2.95. The Labute approximate surface area is 95.6 Å².